The van der Waals surface area contributed by atoms with E-state index in [2.05, 4.69) is 9.55 Å². The molecule has 1 fully saturated rings. The first-order chi connectivity index (χ1) is 6.81. The highest BCUT2D eigenvalue weighted by Crippen LogP contribution is 2.28. The van der Waals surface area contributed by atoms with Gasteiger partial charge in [0, 0.05) is 12.7 Å². The predicted octanol–water partition coefficient (Wildman–Crippen LogP) is 0.675. The van der Waals surface area contributed by atoms with Crippen LogP contribution in [0, 0.1) is 5.92 Å². The number of nitrogens with zero attached hydrogens (tertiary/aromatic N) is 2. The van der Waals surface area contributed by atoms with E-state index in [9.17, 15) is 0 Å². The fourth-order valence-electron chi connectivity index (χ4n) is 1.84. The summed E-state index contributed by atoms with van der Waals surface area (Å²) in [4.78, 5) is 4.07. The molecule has 1 unspecified atom stereocenters. The quantitative estimate of drug-likeness (QED) is 0.742. The van der Waals surface area contributed by atoms with Gasteiger partial charge in [0.25, 0.3) is 0 Å². The van der Waals surface area contributed by atoms with Gasteiger partial charge in [-0.2, -0.15) is 0 Å². The molecule has 1 atom stereocenters. The summed E-state index contributed by atoms with van der Waals surface area (Å²) in [5.74, 6) is 0.786. The average Bonchev–Trinajstić information content (AvgIpc) is 2.58. The highest BCUT2D eigenvalue weighted by Gasteiger charge is 2.19. The highest BCUT2D eigenvalue weighted by atomic mass is 16.3. The molecule has 0 amide bonds. The zero-order chi connectivity index (χ0) is 9.97. The van der Waals surface area contributed by atoms with E-state index in [0.717, 1.165) is 18.2 Å². The van der Waals surface area contributed by atoms with Crippen molar-refractivity contribution in [2.45, 2.75) is 31.8 Å². The van der Waals surface area contributed by atoms with Crippen molar-refractivity contribution in [1.82, 2.24) is 9.55 Å². The first-order valence-electron chi connectivity index (χ1n) is 5.17. The molecule has 3 N–H and O–H groups in total. The number of aliphatic hydroxyl groups is 1. The first kappa shape index (κ1) is 9.68. The second-order valence-electron chi connectivity index (χ2n) is 4.06. The highest BCUT2D eigenvalue weighted by molar-refractivity contribution is 5.04. The third-order valence-electron chi connectivity index (χ3n) is 3.00. The van der Waals surface area contributed by atoms with Gasteiger partial charge in [-0.05, 0) is 18.8 Å². The van der Waals surface area contributed by atoms with Crippen molar-refractivity contribution in [3.05, 3.63) is 18.2 Å². The number of hydrogen-bond donors (Lipinski definition) is 2. The van der Waals surface area contributed by atoms with Gasteiger partial charge in [-0.15, -0.1) is 0 Å². The Labute approximate surface area is 83.8 Å². The monoisotopic (exact) mass is 195 g/mol. The maximum atomic E-state index is 8.97. The molecule has 4 heteroatoms. The van der Waals surface area contributed by atoms with Crippen molar-refractivity contribution >= 4 is 0 Å². The summed E-state index contributed by atoms with van der Waals surface area (Å²) < 4.78 is 2.07. The topological polar surface area (TPSA) is 64.1 Å². The van der Waals surface area contributed by atoms with Crippen molar-refractivity contribution in [3.63, 3.8) is 0 Å². The van der Waals surface area contributed by atoms with Crippen LogP contribution in [0.4, 0.5) is 0 Å². The van der Waals surface area contributed by atoms with E-state index in [1.165, 1.54) is 19.3 Å². The molecule has 1 heterocycles. The SMILES string of the molecule is NC(CO)c1cncn1CC1CCC1. The maximum absolute atomic E-state index is 8.97. The van der Waals surface area contributed by atoms with Gasteiger partial charge in [0.15, 0.2) is 0 Å². The number of hydrogen-bond acceptors (Lipinski definition) is 3. The Morgan fingerprint density at radius 1 is 1.64 bits per heavy atom. The number of nitrogens with two attached hydrogens (primary N) is 1. The summed E-state index contributed by atoms with van der Waals surface area (Å²) >= 11 is 0. The molecule has 0 spiro atoms. The van der Waals surface area contributed by atoms with E-state index in [0.29, 0.717) is 0 Å². The standard InChI is InChI=1S/C10H17N3O/c11-9(6-14)10-4-12-7-13(10)5-8-2-1-3-8/h4,7-9,14H,1-3,5-6,11H2. The van der Waals surface area contributed by atoms with E-state index in [-0.39, 0.29) is 12.6 Å². The lowest BCUT2D eigenvalue weighted by Gasteiger charge is -2.26. The minimum atomic E-state index is -0.294. The number of aliphatic hydroxyl groups excluding tert-OH is 1. The molecule has 2 rings (SSSR count). The van der Waals surface area contributed by atoms with Crippen LogP contribution in [-0.2, 0) is 6.54 Å². The molecule has 14 heavy (non-hydrogen) atoms. The smallest absolute Gasteiger partial charge is 0.0948 e. The van der Waals surface area contributed by atoms with Crippen LogP contribution >= 0.6 is 0 Å². The van der Waals surface area contributed by atoms with Crippen LogP contribution in [0.25, 0.3) is 0 Å². The Bertz CT molecular complexity index is 293. The molecule has 1 saturated carbocycles. The summed E-state index contributed by atoms with van der Waals surface area (Å²) in [6.07, 6.45) is 7.53. The van der Waals surface area contributed by atoms with Crippen LogP contribution in [0.2, 0.25) is 0 Å². The van der Waals surface area contributed by atoms with Gasteiger partial charge < -0.3 is 15.4 Å². The summed E-state index contributed by atoms with van der Waals surface area (Å²) in [6.45, 7) is 0.986. The number of rotatable bonds is 4. The lowest BCUT2D eigenvalue weighted by Crippen LogP contribution is -2.23. The molecule has 1 aromatic rings. The molecule has 4 nitrogen and oxygen atoms in total. The first-order valence-corrected chi connectivity index (χ1v) is 5.17. The van der Waals surface area contributed by atoms with E-state index < -0.39 is 0 Å². The third kappa shape index (κ3) is 1.81. The van der Waals surface area contributed by atoms with Gasteiger partial charge in [0.1, 0.15) is 0 Å². The van der Waals surface area contributed by atoms with Gasteiger partial charge in [-0.3, -0.25) is 0 Å². The molecule has 0 radical (unpaired) electrons. The van der Waals surface area contributed by atoms with Crippen LogP contribution in [0.15, 0.2) is 12.5 Å². The Morgan fingerprint density at radius 3 is 3.00 bits per heavy atom. The van der Waals surface area contributed by atoms with Crippen LogP contribution in [0.3, 0.4) is 0 Å². The van der Waals surface area contributed by atoms with Crippen LogP contribution < -0.4 is 5.73 Å². The largest absolute Gasteiger partial charge is 0.394 e. The zero-order valence-corrected chi connectivity index (χ0v) is 8.26. The summed E-state index contributed by atoms with van der Waals surface area (Å²) in [7, 11) is 0. The average molecular weight is 195 g/mol. The van der Waals surface area contributed by atoms with Gasteiger partial charge >= 0.3 is 0 Å². The minimum absolute atomic E-state index is 0.0175. The zero-order valence-electron chi connectivity index (χ0n) is 8.26. The summed E-state index contributed by atoms with van der Waals surface area (Å²) in [5.41, 5.74) is 6.71. The normalized spacial score (nSPS) is 19.3. The Balaban J connectivity index is 2.04. The molecule has 0 aliphatic heterocycles. The van der Waals surface area contributed by atoms with E-state index in [1.807, 2.05) is 6.33 Å². The van der Waals surface area contributed by atoms with Gasteiger partial charge in [0.05, 0.1) is 24.7 Å². The van der Waals surface area contributed by atoms with Crippen molar-refractivity contribution in [3.8, 4) is 0 Å². The number of aromatic nitrogens is 2. The predicted molar refractivity (Wildman–Crippen MR) is 53.6 cm³/mol. The van der Waals surface area contributed by atoms with Crippen LogP contribution in [-0.4, -0.2) is 21.3 Å². The number of imidazole rings is 1. The molecule has 1 aromatic heterocycles. The van der Waals surface area contributed by atoms with E-state index in [4.69, 9.17) is 10.8 Å². The third-order valence-corrected chi connectivity index (χ3v) is 3.00. The molecular formula is C10H17N3O. The van der Waals surface area contributed by atoms with Gasteiger partial charge in [-0.25, -0.2) is 4.98 Å². The lowest BCUT2D eigenvalue weighted by molar-refractivity contribution is 0.249. The van der Waals surface area contributed by atoms with Gasteiger partial charge in [-0.1, -0.05) is 6.42 Å². The summed E-state index contributed by atoms with van der Waals surface area (Å²) in [5, 5.41) is 8.97. The molecule has 78 valence electrons. The molecule has 0 saturated heterocycles. The molecule has 1 aliphatic carbocycles. The van der Waals surface area contributed by atoms with Gasteiger partial charge in [0.2, 0.25) is 0 Å². The lowest BCUT2D eigenvalue weighted by atomic mass is 9.85. The van der Waals surface area contributed by atoms with E-state index >= 15 is 0 Å². The van der Waals surface area contributed by atoms with Crippen molar-refractivity contribution < 1.29 is 5.11 Å². The summed E-state index contributed by atoms with van der Waals surface area (Å²) in [6, 6.07) is -0.294. The molecule has 0 aromatic carbocycles. The van der Waals surface area contributed by atoms with Crippen LogP contribution in [0.1, 0.15) is 31.0 Å². The van der Waals surface area contributed by atoms with Crippen molar-refractivity contribution in [2.75, 3.05) is 6.61 Å². The van der Waals surface area contributed by atoms with Crippen molar-refractivity contribution in [2.24, 2.45) is 11.7 Å². The van der Waals surface area contributed by atoms with E-state index in [1.54, 1.807) is 6.20 Å². The fraction of sp³-hybridized carbons (Fsp3) is 0.700. The fourth-order valence-corrected chi connectivity index (χ4v) is 1.84. The second-order valence-corrected chi connectivity index (χ2v) is 4.06. The Kier molecular flexibility index (Phi) is 2.84. The van der Waals surface area contributed by atoms with Crippen molar-refractivity contribution in [1.29, 1.82) is 0 Å². The molecular weight excluding hydrogens is 178 g/mol. The Morgan fingerprint density at radius 2 is 2.43 bits per heavy atom. The Hall–Kier alpha value is -0.870. The minimum Gasteiger partial charge on any atom is -0.394 e. The maximum Gasteiger partial charge on any atom is 0.0948 e. The second kappa shape index (κ2) is 4.11. The molecule has 0 bridgehead atoms. The molecule has 1 aliphatic rings. The van der Waals surface area contributed by atoms with Crippen LogP contribution in [0.5, 0.6) is 0 Å².